The maximum absolute atomic E-state index is 14.9. The Bertz CT molecular complexity index is 2120. The first-order chi connectivity index (χ1) is 20.7. The molecule has 8 rings (SSSR count). The molecule has 2 aliphatic rings. The molecule has 3 unspecified atom stereocenters. The number of hydrogen-bond acceptors (Lipinski definition) is 2. The molecule has 42 heavy (non-hydrogen) atoms. The van der Waals surface area contributed by atoms with E-state index in [-0.39, 0.29) is 12.0 Å². The van der Waals surface area contributed by atoms with Crippen molar-refractivity contribution >= 4 is 45.5 Å². The fraction of sp³-hybridized carbons (Fsp3) is 0.0513. The molecule has 0 N–H and O–H groups in total. The standard InChI is InChI=1S/C39H26NOP/c41-42(30-13-3-1-4-14-30,31-15-5-2-6-16-31)32-23-19-29(20-24-32)37-35-25-21-27-11-7-9-17-33(27)38(35)40-39-34-18-10-8-12-28(34)22-26-36(37)39/h1,3-5,7-26,35,38H. The predicted molar refractivity (Wildman–Crippen MR) is 172 cm³/mol. The average molecular weight is 556 g/mol. The lowest BCUT2D eigenvalue weighted by Crippen LogP contribution is -2.37. The van der Waals surface area contributed by atoms with Crippen LogP contribution in [0, 0.1) is 18.1 Å². The summed E-state index contributed by atoms with van der Waals surface area (Å²) in [5.41, 5.74) is 4.85. The highest BCUT2D eigenvalue weighted by Gasteiger charge is 2.33. The van der Waals surface area contributed by atoms with Crippen molar-refractivity contribution in [1.29, 1.82) is 0 Å². The van der Waals surface area contributed by atoms with E-state index in [9.17, 15) is 4.57 Å². The first-order valence-corrected chi connectivity index (χ1v) is 15.9. The van der Waals surface area contributed by atoms with Gasteiger partial charge in [0.1, 0.15) is 0 Å². The molecule has 0 saturated carbocycles. The van der Waals surface area contributed by atoms with E-state index >= 15 is 0 Å². The molecule has 1 aliphatic heterocycles. The van der Waals surface area contributed by atoms with E-state index in [4.69, 9.17) is 4.99 Å². The van der Waals surface area contributed by atoms with Crippen molar-refractivity contribution in [2.75, 3.05) is 0 Å². The molecule has 0 radical (unpaired) electrons. The summed E-state index contributed by atoms with van der Waals surface area (Å²) >= 11 is 0. The third-order valence-corrected chi connectivity index (χ3v) is 11.7. The molecule has 0 saturated heterocycles. The summed E-state index contributed by atoms with van der Waals surface area (Å²) in [7, 11) is -3.10. The molecule has 198 valence electrons. The van der Waals surface area contributed by atoms with Gasteiger partial charge in [-0.25, -0.2) is 0 Å². The number of nitrogens with zero attached hydrogens (tertiary/aromatic N) is 1. The van der Waals surface area contributed by atoms with Gasteiger partial charge in [-0.2, -0.15) is 0 Å². The summed E-state index contributed by atoms with van der Waals surface area (Å²) in [5, 5.41) is 6.93. The van der Waals surface area contributed by atoms with Crippen LogP contribution in [-0.2, 0) is 4.57 Å². The lowest BCUT2D eigenvalue weighted by atomic mass is 9.76. The summed E-state index contributed by atoms with van der Waals surface area (Å²) in [6.07, 6.45) is 4.54. The van der Waals surface area contributed by atoms with Gasteiger partial charge in [-0.3, -0.25) is 4.99 Å². The second-order valence-electron chi connectivity index (χ2n) is 10.9. The van der Waals surface area contributed by atoms with E-state index in [2.05, 4.69) is 109 Å². The van der Waals surface area contributed by atoms with Gasteiger partial charge in [0.25, 0.3) is 0 Å². The lowest BCUT2D eigenvalue weighted by molar-refractivity contribution is 0.592. The summed E-state index contributed by atoms with van der Waals surface area (Å²) in [6.45, 7) is 0. The second kappa shape index (κ2) is 9.85. The molecule has 1 aliphatic carbocycles. The van der Waals surface area contributed by atoms with E-state index in [0.29, 0.717) is 0 Å². The van der Waals surface area contributed by atoms with Crippen molar-refractivity contribution in [2.24, 2.45) is 10.9 Å². The highest BCUT2D eigenvalue weighted by molar-refractivity contribution is 7.85. The SMILES string of the molecule is O=P(c1cc#ccc1)(c1ccccc1)c1ccc(C2=c3ccc4ccccc4c3=NC3c4ccccc4C=CC23)cc1. The Hall–Kier alpha value is -4.96. The fourth-order valence-corrected chi connectivity index (χ4v) is 9.18. The molecular formula is C39H26NOP. The molecule has 3 atom stereocenters. The smallest absolute Gasteiger partial charge is 0.171 e. The quantitative estimate of drug-likeness (QED) is 0.235. The van der Waals surface area contributed by atoms with Crippen LogP contribution in [0.4, 0.5) is 0 Å². The Labute approximate surface area is 245 Å². The first-order valence-electron chi connectivity index (χ1n) is 14.2. The van der Waals surface area contributed by atoms with Gasteiger partial charge in [-0.05, 0) is 45.8 Å². The zero-order valence-electron chi connectivity index (χ0n) is 22.8. The largest absolute Gasteiger partial charge is 0.309 e. The van der Waals surface area contributed by atoms with Crippen LogP contribution in [-0.4, -0.2) is 0 Å². The Kier molecular flexibility index (Phi) is 5.81. The van der Waals surface area contributed by atoms with Gasteiger partial charge in [-0.15, -0.1) is 0 Å². The van der Waals surface area contributed by atoms with Crippen molar-refractivity contribution in [1.82, 2.24) is 0 Å². The average Bonchev–Trinajstić information content (AvgIpc) is 3.07. The zero-order chi connectivity index (χ0) is 28.1. The minimum atomic E-state index is -3.10. The Balaban J connectivity index is 1.35. The highest BCUT2D eigenvalue weighted by atomic mass is 31.2. The highest BCUT2D eigenvalue weighted by Crippen LogP contribution is 2.44. The van der Waals surface area contributed by atoms with Crippen LogP contribution in [0.15, 0.2) is 145 Å². The van der Waals surface area contributed by atoms with Crippen molar-refractivity contribution < 1.29 is 4.57 Å². The minimum absolute atomic E-state index is 0.00861. The normalized spacial score (nSPS) is 17.0. The van der Waals surface area contributed by atoms with Gasteiger partial charge in [0.2, 0.25) is 0 Å². The van der Waals surface area contributed by atoms with E-state index < -0.39 is 7.14 Å². The molecule has 0 amide bonds. The number of hydrogen-bond donors (Lipinski definition) is 0. The van der Waals surface area contributed by atoms with E-state index in [1.165, 1.54) is 27.5 Å². The summed E-state index contributed by atoms with van der Waals surface area (Å²) in [5.74, 6) is 0.0969. The van der Waals surface area contributed by atoms with Gasteiger partial charge in [0, 0.05) is 32.4 Å². The van der Waals surface area contributed by atoms with Crippen LogP contribution in [0.1, 0.15) is 22.7 Å². The van der Waals surface area contributed by atoms with Crippen LogP contribution in [0.25, 0.3) is 22.4 Å². The maximum Gasteiger partial charge on any atom is 0.171 e. The molecule has 0 fully saturated rings. The Morgan fingerprint density at radius 1 is 0.667 bits per heavy atom. The molecule has 0 bridgehead atoms. The molecule has 6 aromatic carbocycles. The van der Waals surface area contributed by atoms with Gasteiger partial charge in [0.05, 0.1) is 11.4 Å². The molecule has 6 aromatic rings. The van der Waals surface area contributed by atoms with Crippen LogP contribution in [0.5, 0.6) is 0 Å². The second-order valence-corrected chi connectivity index (χ2v) is 13.6. The number of benzene rings is 5. The Morgan fingerprint density at radius 2 is 1.43 bits per heavy atom. The topological polar surface area (TPSA) is 29.4 Å². The van der Waals surface area contributed by atoms with Crippen molar-refractivity contribution in [2.45, 2.75) is 6.04 Å². The van der Waals surface area contributed by atoms with Crippen LogP contribution >= 0.6 is 7.14 Å². The zero-order valence-corrected chi connectivity index (χ0v) is 23.7. The predicted octanol–water partition coefficient (Wildman–Crippen LogP) is 6.30. The van der Waals surface area contributed by atoms with E-state index in [1.807, 2.05) is 36.4 Å². The van der Waals surface area contributed by atoms with Crippen LogP contribution in [0.3, 0.4) is 0 Å². The third kappa shape index (κ3) is 3.82. The van der Waals surface area contributed by atoms with Crippen LogP contribution < -0.4 is 26.5 Å². The van der Waals surface area contributed by atoms with Crippen molar-refractivity contribution in [3.8, 4) is 0 Å². The number of rotatable bonds is 4. The molecule has 0 spiro atoms. The first kappa shape index (κ1) is 24.8. The van der Waals surface area contributed by atoms with Crippen molar-refractivity contribution in [3.63, 3.8) is 0 Å². The molecular weight excluding hydrogens is 529 g/mol. The van der Waals surface area contributed by atoms with Gasteiger partial charge < -0.3 is 4.57 Å². The molecule has 3 heteroatoms. The monoisotopic (exact) mass is 555 g/mol. The van der Waals surface area contributed by atoms with Crippen molar-refractivity contribution in [3.05, 3.63) is 179 Å². The fourth-order valence-electron chi connectivity index (χ4n) is 6.59. The Morgan fingerprint density at radius 3 is 2.26 bits per heavy atom. The molecule has 2 nitrogen and oxygen atoms in total. The van der Waals surface area contributed by atoms with Gasteiger partial charge in [-0.1, -0.05) is 140 Å². The maximum atomic E-state index is 14.9. The summed E-state index contributed by atoms with van der Waals surface area (Å²) in [6, 6.07) is 51.1. The summed E-state index contributed by atoms with van der Waals surface area (Å²) < 4.78 is 14.9. The van der Waals surface area contributed by atoms with E-state index in [1.54, 1.807) is 12.1 Å². The van der Waals surface area contributed by atoms with E-state index in [0.717, 1.165) is 32.1 Å². The van der Waals surface area contributed by atoms with Gasteiger partial charge >= 0.3 is 0 Å². The minimum Gasteiger partial charge on any atom is -0.309 e. The number of fused-ring (bicyclic) bond motifs is 6. The lowest BCUT2D eigenvalue weighted by Gasteiger charge is -2.32. The molecule has 1 heterocycles. The summed E-state index contributed by atoms with van der Waals surface area (Å²) in [4.78, 5) is 5.43. The third-order valence-electron chi connectivity index (χ3n) is 8.60. The molecule has 0 aromatic heterocycles. The van der Waals surface area contributed by atoms with Gasteiger partial charge in [0.15, 0.2) is 7.14 Å². The van der Waals surface area contributed by atoms with Crippen LogP contribution in [0.2, 0.25) is 0 Å².